The first kappa shape index (κ1) is 14.7. The quantitative estimate of drug-likeness (QED) is 0.682. The van der Waals surface area contributed by atoms with Gasteiger partial charge in [-0.2, -0.15) is 0 Å². The van der Waals surface area contributed by atoms with Crippen LogP contribution >= 0.6 is 0 Å². The van der Waals surface area contributed by atoms with Crippen molar-refractivity contribution in [3.8, 4) is 0 Å². The number of fused-ring (bicyclic) bond motifs is 4. The minimum atomic E-state index is 0.0897. The molecule has 2 aromatic rings. The van der Waals surface area contributed by atoms with E-state index in [-0.39, 0.29) is 6.04 Å². The molecule has 2 aliphatic rings. The Balaban J connectivity index is 2.00. The van der Waals surface area contributed by atoms with E-state index in [1.165, 1.54) is 60.8 Å². The van der Waals surface area contributed by atoms with Gasteiger partial charge in [0.1, 0.15) is 0 Å². The number of allylic oxidation sites excluding steroid dienone is 2. The van der Waals surface area contributed by atoms with Crippen molar-refractivity contribution in [2.75, 3.05) is 0 Å². The largest absolute Gasteiger partial charge is 0.324 e. The Bertz CT molecular complexity index is 741. The number of nitrogens with two attached hydrogens (primary N) is 1. The van der Waals surface area contributed by atoms with Gasteiger partial charge in [0.2, 0.25) is 0 Å². The Hall–Kier alpha value is -1.86. The summed E-state index contributed by atoms with van der Waals surface area (Å²) in [6.45, 7) is 0. The maximum atomic E-state index is 6.60. The lowest BCUT2D eigenvalue weighted by Crippen LogP contribution is -2.18. The van der Waals surface area contributed by atoms with Crippen molar-refractivity contribution < 1.29 is 0 Å². The molecule has 2 N–H and O–H groups in total. The number of rotatable bonds is 0. The summed E-state index contributed by atoms with van der Waals surface area (Å²) in [5.74, 6) is 0. The standard InChI is InChI=1S/C22H25N/c23-22-15-16-9-5-6-10-17(16)18-11-3-1-2-4-12-19(18)20-13-7-8-14-21(20)22/h5-10,13-14,22H,1-4,11-12,15,23H2/b19-18-. The molecular weight excluding hydrogens is 278 g/mol. The minimum Gasteiger partial charge on any atom is -0.324 e. The van der Waals surface area contributed by atoms with Crippen LogP contribution in [0.3, 0.4) is 0 Å². The summed E-state index contributed by atoms with van der Waals surface area (Å²) in [5.41, 5.74) is 15.4. The van der Waals surface area contributed by atoms with Crippen molar-refractivity contribution in [3.63, 3.8) is 0 Å². The van der Waals surface area contributed by atoms with Crippen molar-refractivity contribution in [2.45, 2.75) is 51.0 Å². The van der Waals surface area contributed by atoms with E-state index in [0.717, 1.165) is 6.42 Å². The van der Waals surface area contributed by atoms with Crippen LogP contribution in [-0.4, -0.2) is 0 Å². The van der Waals surface area contributed by atoms with E-state index >= 15 is 0 Å². The zero-order chi connectivity index (χ0) is 15.6. The molecule has 2 aromatic carbocycles. The molecule has 118 valence electrons. The number of hydrogen-bond donors (Lipinski definition) is 1. The van der Waals surface area contributed by atoms with Gasteiger partial charge >= 0.3 is 0 Å². The maximum Gasteiger partial charge on any atom is 0.0342 e. The van der Waals surface area contributed by atoms with E-state index in [1.807, 2.05) is 0 Å². The van der Waals surface area contributed by atoms with Gasteiger partial charge in [-0.25, -0.2) is 0 Å². The van der Waals surface area contributed by atoms with Crippen molar-refractivity contribution in [1.29, 1.82) is 0 Å². The van der Waals surface area contributed by atoms with Crippen LogP contribution in [0.5, 0.6) is 0 Å². The monoisotopic (exact) mass is 303 g/mol. The molecule has 0 fully saturated rings. The highest BCUT2D eigenvalue weighted by molar-refractivity contribution is 5.93. The zero-order valence-electron chi connectivity index (χ0n) is 13.7. The Morgan fingerprint density at radius 3 is 2.09 bits per heavy atom. The van der Waals surface area contributed by atoms with E-state index in [0.29, 0.717) is 0 Å². The lowest BCUT2D eigenvalue weighted by atomic mass is 9.78. The number of benzene rings is 2. The summed E-state index contributed by atoms with van der Waals surface area (Å²) >= 11 is 0. The third-order valence-electron chi connectivity index (χ3n) is 5.44. The third-order valence-corrected chi connectivity index (χ3v) is 5.44. The van der Waals surface area contributed by atoms with Crippen LogP contribution in [0.4, 0.5) is 0 Å². The minimum absolute atomic E-state index is 0.0897. The lowest BCUT2D eigenvalue weighted by molar-refractivity contribution is 0.645. The van der Waals surface area contributed by atoms with Gasteiger partial charge in [0.05, 0.1) is 0 Å². The molecule has 1 heteroatoms. The molecule has 1 atom stereocenters. The fourth-order valence-corrected chi connectivity index (χ4v) is 4.29. The third kappa shape index (κ3) is 2.74. The molecule has 1 nitrogen and oxygen atoms in total. The molecule has 0 heterocycles. The molecule has 0 aromatic heterocycles. The molecule has 0 bridgehead atoms. The maximum absolute atomic E-state index is 6.60. The summed E-state index contributed by atoms with van der Waals surface area (Å²) in [5, 5.41) is 0. The van der Waals surface area contributed by atoms with Crippen LogP contribution in [0.15, 0.2) is 48.5 Å². The highest BCUT2D eigenvalue weighted by atomic mass is 14.6. The second-order valence-electron chi connectivity index (χ2n) is 6.93. The Labute approximate surface area is 139 Å². The lowest BCUT2D eigenvalue weighted by Gasteiger charge is -2.28. The van der Waals surface area contributed by atoms with Gasteiger partial charge in [0, 0.05) is 6.04 Å². The molecule has 0 aliphatic heterocycles. The topological polar surface area (TPSA) is 26.0 Å². The summed E-state index contributed by atoms with van der Waals surface area (Å²) in [7, 11) is 0. The van der Waals surface area contributed by atoms with Gasteiger partial charge < -0.3 is 5.73 Å². The molecule has 1 unspecified atom stereocenters. The first-order chi connectivity index (χ1) is 11.3. The zero-order valence-corrected chi connectivity index (χ0v) is 13.7. The van der Waals surface area contributed by atoms with Crippen LogP contribution in [-0.2, 0) is 6.42 Å². The Kier molecular flexibility index (Phi) is 4.05. The molecular formula is C22H25N. The van der Waals surface area contributed by atoms with E-state index < -0.39 is 0 Å². The smallest absolute Gasteiger partial charge is 0.0342 e. The van der Waals surface area contributed by atoms with E-state index in [1.54, 1.807) is 11.1 Å². The predicted molar refractivity (Wildman–Crippen MR) is 98.0 cm³/mol. The normalized spacial score (nSPS) is 24.3. The molecule has 4 rings (SSSR count). The van der Waals surface area contributed by atoms with Gasteiger partial charge in [0.15, 0.2) is 0 Å². The van der Waals surface area contributed by atoms with Crippen LogP contribution in [0, 0.1) is 0 Å². The van der Waals surface area contributed by atoms with Crippen LogP contribution in [0.1, 0.15) is 66.8 Å². The summed E-state index contributed by atoms with van der Waals surface area (Å²) < 4.78 is 0. The molecule has 0 saturated heterocycles. The molecule has 0 saturated carbocycles. The molecule has 2 aliphatic carbocycles. The van der Waals surface area contributed by atoms with Crippen molar-refractivity contribution in [1.82, 2.24) is 0 Å². The van der Waals surface area contributed by atoms with Gasteiger partial charge in [-0.3, -0.25) is 0 Å². The Morgan fingerprint density at radius 2 is 1.30 bits per heavy atom. The van der Waals surface area contributed by atoms with Gasteiger partial charge in [-0.05, 0) is 65.5 Å². The molecule has 0 amide bonds. The van der Waals surface area contributed by atoms with Crippen molar-refractivity contribution in [2.24, 2.45) is 5.73 Å². The SMILES string of the molecule is NC1Cc2ccccc2/C2=C(/CCCCCC2)c2ccccc21. The van der Waals surface area contributed by atoms with Gasteiger partial charge in [-0.1, -0.05) is 61.4 Å². The molecule has 0 radical (unpaired) electrons. The first-order valence-corrected chi connectivity index (χ1v) is 9.00. The van der Waals surface area contributed by atoms with Crippen molar-refractivity contribution in [3.05, 3.63) is 70.8 Å². The van der Waals surface area contributed by atoms with Gasteiger partial charge in [0.25, 0.3) is 0 Å². The van der Waals surface area contributed by atoms with E-state index in [4.69, 9.17) is 5.73 Å². The van der Waals surface area contributed by atoms with Crippen LogP contribution in [0.2, 0.25) is 0 Å². The second kappa shape index (κ2) is 6.33. The Morgan fingerprint density at radius 1 is 0.696 bits per heavy atom. The average Bonchev–Trinajstić information content (AvgIpc) is 2.55. The highest BCUT2D eigenvalue weighted by Crippen LogP contribution is 2.42. The number of hydrogen-bond acceptors (Lipinski definition) is 1. The average molecular weight is 303 g/mol. The summed E-state index contributed by atoms with van der Waals surface area (Å²) in [4.78, 5) is 0. The van der Waals surface area contributed by atoms with E-state index in [9.17, 15) is 0 Å². The fourth-order valence-electron chi connectivity index (χ4n) is 4.29. The highest BCUT2D eigenvalue weighted by Gasteiger charge is 2.23. The first-order valence-electron chi connectivity index (χ1n) is 9.00. The molecule has 0 spiro atoms. The molecule has 23 heavy (non-hydrogen) atoms. The van der Waals surface area contributed by atoms with Crippen LogP contribution in [0.25, 0.3) is 11.1 Å². The fraction of sp³-hybridized carbons (Fsp3) is 0.364. The van der Waals surface area contributed by atoms with E-state index in [2.05, 4.69) is 48.5 Å². The second-order valence-corrected chi connectivity index (χ2v) is 6.93. The van der Waals surface area contributed by atoms with Gasteiger partial charge in [-0.15, -0.1) is 0 Å². The summed E-state index contributed by atoms with van der Waals surface area (Å²) in [6.07, 6.45) is 8.64. The summed E-state index contributed by atoms with van der Waals surface area (Å²) in [6, 6.07) is 17.8. The predicted octanol–water partition coefficient (Wildman–Crippen LogP) is 5.51. The van der Waals surface area contributed by atoms with Crippen molar-refractivity contribution >= 4 is 11.1 Å². The van der Waals surface area contributed by atoms with Crippen LogP contribution < -0.4 is 5.73 Å².